The molecule has 0 saturated heterocycles. The van der Waals surface area contributed by atoms with Crippen LogP contribution in [-0.2, 0) is 16.0 Å². The molecule has 0 fully saturated rings. The first kappa shape index (κ1) is 20.4. The van der Waals surface area contributed by atoms with Gasteiger partial charge < -0.3 is 18.4 Å². The Balaban J connectivity index is 2.01. The van der Waals surface area contributed by atoms with Crippen LogP contribution in [0, 0.1) is 0 Å². The molecule has 7 nitrogen and oxygen atoms in total. The number of fused-ring (bicyclic) bond motifs is 1. The average Bonchev–Trinajstić information content (AvgIpc) is 3.31. The molecular formula is C24H21NO6. The number of carbonyl (C=O) groups excluding carboxylic acids is 1. The topological polar surface area (TPSA) is 91.8 Å². The number of esters is 1. The van der Waals surface area contributed by atoms with Crippen LogP contribution in [-0.4, -0.2) is 24.3 Å². The second kappa shape index (κ2) is 8.87. The molecule has 0 unspecified atom stereocenters. The first-order chi connectivity index (χ1) is 15.1. The van der Waals surface area contributed by atoms with Crippen molar-refractivity contribution < 1.29 is 23.2 Å². The lowest BCUT2D eigenvalue weighted by Gasteiger charge is -2.17. The van der Waals surface area contributed by atoms with E-state index in [2.05, 4.69) is 5.16 Å². The van der Waals surface area contributed by atoms with Crippen LogP contribution >= 0.6 is 0 Å². The maximum Gasteiger partial charge on any atom is 0.344 e. The van der Waals surface area contributed by atoms with E-state index < -0.39 is 11.6 Å². The summed E-state index contributed by atoms with van der Waals surface area (Å²) in [4.78, 5) is 24.4. The molecule has 0 N–H and O–H groups in total. The second-order valence-electron chi connectivity index (χ2n) is 6.79. The zero-order chi connectivity index (χ0) is 21.8. The van der Waals surface area contributed by atoms with Crippen molar-refractivity contribution in [1.82, 2.24) is 5.16 Å². The summed E-state index contributed by atoms with van der Waals surface area (Å²) in [6, 6.07) is 14.6. The highest BCUT2D eigenvalue weighted by atomic mass is 16.6. The molecule has 4 rings (SSSR count). The molecule has 0 amide bonds. The number of hydrogen-bond donors (Lipinski definition) is 0. The van der Waals surface area contributed by atoms with Crippen LogP contribution in [0.1, 0.15) is 19.4 Å². The molecule has 0 saturated carbocycles. The molecule has 7 heteroatoms. The molecule has 2 heterocycles. The minimum atomic E-state index is -0.507. The van der Waals surface area contributed by atoms with Crippen molar-refractivity contribution >= 4 is 16.9 Å². The van der Waals surface area contributed by atoms with Crippen LogP contribution in [0.5, 0.6) is 5.75 Å². The number of benzene rings is 2. The molecule has 0 bridgehead atoms. The fourth-order valence-corrected chi connectivity index (χ4v) is 3.52. The Morgan fingerprint density at radius 3 is 2.58 bits per heavy atom. The summed E-state index contributed by atoms with van der Waals surface area (Å²) in [5, 5.41) is 4.52. The Bertz CT molecular complexity index is 1260. The first-order valence-electron chi connectivity index (χ1n) is 10.0. The van der Waals surface area contributed by atoms with Gasteiger partial charge in [0.2, 0.25) is 0 Å². The van der Waals surface area contributed by atoms with Crippen LogP contribution in [0.3, 0.4) is 0 Å². The van der Waals surface area contributed by atoms with Crippen LogP contribution in [0.25, 0.3) is 33.4 Å². The van der Waals surface area contributed by atoms with Gasteiger partial charge in [-0.2, -0.15) is 0 Å². The molecular weight excluding hydrogens is 398 g/mol. The van der Waals surface area contributed by atoms with Crippen LogP contribution < -0.4 is 10.4 Å². The number of aryl methyl sites for hydroxylation is 1. The molecule has 0 aliphatic rings. The molecule has 0 spiro atoms. The van der Waals surface area contributed by atoms with E-state index in [-0.39, 0.29) is 13.2 Å². The van der Waals surface area contributed by atoms with E-state index >= 15 is 0 Å². The maximum atomic E-state index is 12.5. The van der Waals surface area contributed by atoms with E-state index in [1.807, 2.05) is 43.3 Å². The van der Waals surface area contributed by atoms with Gasteiger partial charge >= 0.3 is 11.6 Å². The standard InChI is InChI=1S/C24H21NO6/c1-3-15-12-18-17(16-8-6-5-7-9-16)13-20(26)30-24(18)22(19-10-11-25-31-19)23(15)29-14-21(27)28-4-2/h5-13H,3-4,14H2,1-2H3. The maximum absolute atomic E-state index is 12.5. The van der Waals surface area contributed by atoms with Gasteiger partial charge in [0, 0.05) is 17.5 Å². The van der Waals surface area contributed by atoms with Gasteiger partial charge in [0.05, 0.1) is 12.8 Å². The van der Waals surface area contributed by atoms with Gasteiger partial charge in [-0.25, -0.2) is 9.59 Å². The van der Waals surface area contributed by atoms with Gasteiger partial charge in [0.15, 0.2) is 18.0 Å². The lowest BCUT2D eigenvalue weighted by Crippen LogP contribution is -2.16. The molecule has 2 aromatic heterocycles. The number of ether oxygens (including phenoxy) is 2. The van der Waals surface area contributed by atoms with Gasteiger partial charge in [-0.1, -0.05) is 42.4 Å². The number of rotatable bonds is 7. The van der Waals surface area contributed by atoms with Crippen molar-refractivity contribution in [2.45, 2.75) is 20.3 Å². The summed E-state index contributed by atoms with van der Waals surface area (Å²) < 4.78 is 21.9. The summed E-state index contributed by atoms with van der Waals surface area (Å²) >= 11 is 0. The number of nitrogens with zero attached hydrogens (tertiary/aromatic N) is 1. The predicted octanol–water partition coefficient (Wildman–Crippen LogP) is 4.62. The van der Waals surface area contributed by atoms with E-state index in [4.69, 9.17) is 18.4 Å². The Hall–Kier alpha value is -3.87. The third-order valence-electron chi connectivity index (χ3n) is 4.85. The summed E-state index contributed by atoms with van der Waals surface area (Å²) in [6.07, 6.45) is 2.11. The van der Waals surface area contributed by atoms with E-state index in [1.165, 1.54) is 12.3 Å². The summed E-state index contributed by atoms with van der Waals surface area (Å²) in [5.74, 6) is 0.272. The number of carbonyl (C=O) groups is 1. The monoisotopic (exact) mass is 419 g/mol. The van der Waals surface area contributed by atoms with Crippen molar-refractivity contribution in [1.29, 1.82) is 0 Å². The average molecular weight is 419 g/mol. The fourth-order valence-electron chi connectivity index (χ4n) is 3.52. The Kier molecular flexibility index (Phi) is 5.84. The first-order valence-corrected chi connectivity index (χ1v) is 10.0. The fraction of sp³-hybridized carbons (Fsp3) is 0.208. The summed E-state index contributed by atoms with van der Waals surface area (Å²) in [5.41, 5.74) is 2.68. The Labute approximate surface area is 178 Å². The van der Waals surface area contributed by atoms with Crippen molar-refractivity contribution in [3.63, 3.8) is 0 Å². The highest BCUT2D eigenvalue weighted by Gasteiger charge is 2.23. The third kappa shape index (κ3) is 4.07. The van der Waals surface area contributed by atoms with Gasteiger partial charge in [0.25, 0.3) is 0 Å². The normalized spacial score (nSPS) is 10.9. The van der Waals surface area contributed by atoms with E-state index in [9.17, 15) is 9.59 Å². The van der Waals surface area contributed by atoms with Gasteiger partial charge in [-0.05, 0) is 36.1 Å². The summed E-state index contributed by atoms with van der Waals surface area (Å²) in [6.45, 7) is 3.68. The lowest BCUT2D eigenvalue weighted by molar-refractivity contribution is -0.145. The summed E-state index contributed by atoms with van der Waals surface area (Å²) in [7, 11) is 0. The molecule has 0 atom stereocenters. The predicted molar refractivity (Wildman–Crippen MR) is 115 cm³/mol. The van der Waals surface area contributed by atoms with Gasteiger partial charge in [-0.3, -0.25) is 0 Å². The van der Waals surface area contributed by atoms with Crippen LogP contribution in [0.15, 0.2) is 68.5 Å². The molecule has 0 aliphatic heterocycles. The van der Waals surface area contributed by atoms with Crippen molar-refractivity contribution in [3.8, 4) is 28.2 Å². The van der Waals surface area contributed by atoms with Crippen molar-refractivity contribution in [2.24, 2.45) is 0 Å². The van der Waals surface area contributed by atoms with E-state index in [0.29, 0.717) is 29.1 Å². The number of aromatic nitrogens is 1. The SMILES string of the molecule is CCOC(=O)COc1c(CC)cc2c(-c3ccccc3)cc(=O)oc2c1-c1ccno1. The highest BCUT2D eigenvalue weighted by Crippen LogP contribution is 2.42. The molecule has 0 aliphatic carbocycles. The molecule has 31 heavy (non-hydrogen) atoms. The van der Waals surface area contributed by atoms with Crippen molar-refractivity contribution in [2.75, 3.05) is 13.2 Å². The quantitative estimate of drug-likeness (QED) is 0.319. The Morgan fingerprint density at radius 2 is 1.90 bits per heavy atom. The Morgan fingerprint density at radius 1 is 1.10 bits per heavy atom. The lowest BCUT2D eigenvalue weighted by atomic mass is 9.95. The number of hydrogen-bond acceptors (Lipinski definition) is 7. The zero-order valence-corrected chi connectivity index (χ0v) is 17.2. The van der Waals surface area contributed by atoms with Crippen LogP contribution in [0.4, 0.5) is 0 Å². The highest BCUT2D eigenvalue weighted by molar-refractivity contribution is 6.03. The zero-order valence-electron chi connectivity index (χ0n) is 17.2. The van der Waals surface area contributed by atoms with Gasteiger partial charge in [0.1, 0.15) is 11.3 Å². The molecule has 158 valence electrons. The molecule has 0 radical (unpaired) electrons. The van der Waals surface area contributed by atoms with Crippen LogP contribution in [0.2, 0.25) is 0 Å². The minimum absolute atomic E-state index is 0.255. The largest absolute Gasteiger partial charge is 0.481 e. The third-order valence-corrected chi connectivity index (χ3v) is 4.85. The minimum Gasteiger partial charge on any atom is -0.481 e. The van der Waals surface area contributed by atoms with E-state index in [0.717, 1.165) is 22.1 Å². The smallest absolute Gasteiger partial charge is 0.344 e. The van der Waals surface area contributed by atoms with E-state index in [1.54, 1.807) is 13.0 Å². The molecule has 4 aromatic rings. The van der Waals surface area contributed by atoms with Crippen molar-refractivity contribution in [3.05, 3.63) is 70.7 Å². The second-order valence-corrected chi connectivity index (χ2v) is 6.79. The molecule has 2 aromatic carbocycles. The van der Waals surface area contributed by atoms with Gasteiger partial charge in [-0.15, -0.1) is 0 Å².